The molecule has 0 aromatic carbocycles. The van der Waals surface area contributed by atoms with Gasteiger partial charge >= 0.3 is 5.97 Å². The molecule has 3 heteroatoms. The molecule has 1 aliphatic carbocycles. The summed E-state index contributed by atoms with van der Waals surface area (Å²) in [5, 5.41) is 13.1. The lowest BCUT2D eigenvalue weighted by Gasteiger charge is -2.47. The molecule has 0 radical (unpaired) electrons. The van der Waals surface area contributed by atoms with Crippen LogP contribution in [0.2, 0.25) is 0 Å². The summed E-state index contributed by atoms with van der Waals surface area (Å²) in [4.78, 5) is 11.3. The van der Waals surface area contributed by atoms with Crippen LogP contribution in [0, 0.1) is 17.3 Å². The van der Waals surface area contributed by atoms with Crippen LogP contribution in [0.4, 0.5) is 0 Å². The highest BCUT2D eigenvalue weighted by Gasteiger charge is 2.46. The number of carboxylic acids is 1. The van der Waals surface area contributed by atoms with Gasteiger partial charge in [0, 0.05) is 12.1 Å². The van der Waals surface area contributed by atoms with Crippen LogP contribution >= 0.6 is 0 Å². The molecule has 0 aromatic rings. The lowest BCUT2D eigenvalue weighted by Crippen LogP contribution is -2.53. The first kappa shape index (κ1) is 15.5. The highest BCUT2D eigenvalue weighted by molar-refractivity contribution is 5.71. The topological polar surface area (TPSA) is 49.3 Å². The van der Waals surface area contributed by atoms with E-state index in [0.29, 0.717) is 18.0 Å². The van der Waals surface area contributed by atoms with Gasteiger partial charge in [-0.15, -0.1) is 0 Å². The molecule has 1 fully saturated rings. The highest BCUT2D eigenvalue weighted by Crippen LogP contribution is 2.45. The van der Waals surface area contributed by atoms with Gasteiger partial charge in [0.15, 0.2) is 0 Å². The van der Waals surface area contributed by atoms with E-state index in [1.165, 1.54) is 0 Å². The van der Waals surface area contributed by atoms with E-state index in [9.17, 15) is 9.90 Å². The van der Waals surface area contributed by atoms with Crippen LogP contribution in [0.3, 0.4) is 0 Å². The first-order chi connectivity index (χ1) is 8.34. The fraction of sp³-hybridized carbons (Fsp3) is 0.933. The Hall–Kier alpha value is -0.570. The van der Waals surface area contributed by atoms with Crippen LogP contribution in [0.25, 0.3) is 0 Å². The number of hydrogen-bond acceptors (Lipinski definition) is 2. The molecule has 2 N–H and O–H groups in total. The van der Waals surface area contributed by atoms with Gasteiger partial charge in [-0.1, -0.05) is 34.6 Å². The molecule has 0 aromatic heterocycles. The number of carboxylic acid groups (broad SMARTS) is 1. The van der Waals surface area contributed by atoms with Crippen molar-refractivity contribution in [3.8, 4) is 0 Å². The zero-order valence-corrected chi connectivity index (χ0v) is 12.5. The molecule has 18 heavy (non-hydrogen) atoms. The summed E-state index contributed by atoms with van der Waals surface area (Å²) in [6.45, 7) is 10.8. The number of carbonyl (C=O) groups is 1. The van der Waals surface area contributed by atoms with Crippen LogP contribution in [0.5, 0.6) is 0 Å². The standard InChI is InChI=1S/C15H29NO2/c1-6-11(7-2)16-13-9-8-12(14(17)18)15(4,5)10(13)3/h10-13,16H,6-9H2,1-5H3,(H,17,18). The van der Waals surface area contributed by atoms with E-state index < -0.39 is 5.97 Å². The van der Waals surface area contributed by atoms with Gasteiger partial charge in [-0.3, -0.25) is 4.79 Å². The Bertz CT molecular complexity index is 284. The fourth-order valence-electron chi connectivity index (χ4n) is 3.30. The predicted octanol–water partition coefficient (Wildman–Crippen LogP) is 3.29. The lowest BCUT2D eigenvalue weighted by molar-refractivity contribution is -0.150. The minimum atomic E-state index is -0.632. The maximum Gasteiger partial charge on any atom is 0.307 e. The molecule has 0 saturated heterocycles. The Morgan fingerprint density at radius 2 is 1.89 bits per heavy atom. The molecule has 1 rings (SSSR count). The van der Waals surface area contributed by atoms with E-state index in [4.69, 9.17) is 0 Å². The van der Waals surface area contributed by atoms with Crippen molar-refractivity contribution < 1.29 is 9.90 Å². The van der Waals surface area contributed by atoms with Gasteiger partial charge in [0.1, 0.15) is 0 Å². The van der Waals surface area contributed by atoms with E-state index in [0.717, 1.165) is 25.7 Å². The maximum absolute atomic E-state index is 11.3. The summed E-state index contributed by atoms with van der Waals surface area (Å²) >= 11 is 0. The summed E-state index contributed by atoms with van der Waals surface area (Å²) < 4.78 is 0. The average molecular weight is 255 g/mol. The van der Waals surface area contributed by atoms with Gasteiger partial charge in [0.2, 0.25) is 0 Å². The van der Waals surface area contributed by atoms with Crippen molar-refractivity contribution in [2.45, 2.75) is 72.4 Å². The third kappa shape index (κ3) is 3.05. The van der Waals surface area contributed by atoms with Crippen molar-refractivity contribution in [1.82, 2.24) is 5.32 Å². The van der Waals surface area contributed by atoms with Gasteiger partial charge < -0.3 is 10.4 Å². The van der Waals surface area contributed by atoms with Gasteiger partial charge in [-0.25, -0.2) is 0 Å². The monoisotopic (exact) mass is 255 g/mol. The van der Waals surface area contributed by atoms with Crippen molar-refractivity contribution in [3.05, 3.63) is 0 Å². The van der Waals surface area contributed by atoms with Gasteiger partial charge in [0.05, 0.1) is 5.92 Å². The van der Waals surface area contributed by atoms with E-state index in [-0.39, 0.29) is 11.3 Å². The van der Waals surface area contributed by atoms with Crippen LogP contribution in [-0.4, -0.2) is 23.2 Å². The van der Waals surface area contributed by atoms with Crippen molar-refractivity contribution in [2.75, 3.05) is 0 Å². The second-order valence-corrected chi connectivity index (χ2v) is 6.36. The zero-order valence-electron chi connectivity index (χ0n) is 12.5. The Kier molecular flexibility index (Phi) is 5.20. The maximum atomic E-state index is 11.3. The normalized spacial score (nSPS) is 31.6. The molecular formula is C15H29NO2. The summed E-state index contributed by atoms with van der Waals surface area (Å²) in [5.74, 6) is -0.437. The number of aliphatic carboxylic acids is 1. The molecule has 0 amide bonds. The lowest BCUT2D eigenvalue weighted by atomic mass is 9.61. The minimum absolute atomic E-state index is 0.131. The third-order valence-corrected chi connectivity index (χ3v) is 5.18. The van der Waals surface area contributed by atoms with Crippen molar-refractivity contribution in [3.63, 3.8) is 0 Å². The molecule has 3 atom stereocenters. The Labute approximate surface area is 111 Å². The van der Waals surface area contributed by atoms with Crippen LogP contribution in [0.15, 0.2) is 0 Å². The molecule has 3 nitrogen and oxygen atoms in total. The second-order valence-electron chi connectivity index (χ2n) is 6.36. The highest BCUT2D eigenvalue weighted by atomic mass is 16.4. The Balaban J connectivity index is 2.74. The second kappa shape index (κ2) is 6.05. The summed E-state index contributed by atoms with van der Waals surface area (Å²) in [5.41, 5.74) is -0.131. The molecular weight excluding hydrogens is 226 g/mol. The molecule has 3 unspecified atom stereocenters. The van der Waals surface area contributed by atoms with Crippen molar-refractivity contribution in [2.24, 2.45) is 17.3 Å². The number of rotatable bonds is 5. The first-order valence-electron chi connectivity index (χ1n) is 7.33. The SMILES string of the molecule is CCC(CC)NC1CCC(C(=O)O)C(C)(C)C1C. The van der Waals surface area contributed by atoms with E-state index in [1.807, 2.05) is 0 Å². The van der Waals surface area contributed by atoms with Gasteiger partial charge in [-0.2, -0.15) is 0 Å². The number of nitrogens with one attached hydrogen (secondary N) is 1. The summed E-state index contributed by atoms with van der Waals surface area (Å²) in [7, 11) is 0. The van der Waals surface area contributed by atoms with Crippen molar-refractivity contribution in [1.29, 1.82) is 0 Å². The molecule has 0 bridgehead atoms. The van der Waals surface area contributed by atoms with Gasteiger partial charge in [-0.05, 0) is 37.0 Å². The molecule has 0 spiro atoms. The molecule has 0 aliphatic heterocycles. The first-order valence-corrected chi connectivity index (χ1v) is 7.33. The largest absolute Gasteiger partial charge is 0.481 e. The minimum Gasteiger partial charge on any atom is -0.481 e. The molecule has 1 aliphatic rings. The van der Waals surface area contributed by atoms with Crippen molar-refractivity contribution >= 4 is 5.97 Å². The Morgan fingerprint density at radius 3 is 2.33 bits per heavy atom. The van der Waals surface area contributed by atoms with Crippen LogP contribution in [0.1, 0.15) is 60.3 Å². The average Bonchev–Trinajstić information content (AvgIpc) is 2.30. The molecule has 106 valence electrons. The van der Waals surface area contributed by atoms with Crippen LogP contribution in [-0.2, 0) is 4.79 Å². The summed E-state index contributed by atoms with van der Waals surface area (Å²) in [6, 6.07) is 1.02. The van der Waals surface area contributed by atoms with E-state index in [2.05, 4.69) is 39.9 Å². The van der Waals surface area contributed by atoms with E-state index in [1.54, 1.807) is 0 Å². The smallest absolute Gasteiger partial charge is 0.307 e. The molecule has 1 saturated carbocycles. The zero-order chi connectivity index (χ0) is 13.9. The quantitative estimate of drug-likeness (QED) is 0.792. The fourth-order valence-corrected chi connectivity index (χ4v) is 3.30. The summed E-state index contributed by atoms with van der Waals surface area (Å²) in [6.07, 6.45) is 4.06. The number of hydrogen-bond donors (Lipinski definition) is 2. The molecule has 0 heterocycles. The third-order valence-electron chi connectivity index (χ3n) is 5.18. The predicted molar refractivity (Wildman–Crippen MR) is 74.6 cm³/mol. The van der Waals surface area contributed by atoms with Crippen LogP contribution < -0.4 is 5.32 Å². The van der Waals surface area contributed by atoms with Gasteiger partial charge in [0.25, 0.3) is 0 Å². The van der Waals surface area contributed by atoms with E-state index >= 15 is 0 Å². The Morgan fingerprint density at radius 1 is 1.33 bits per heavy atom.